The third-order valence-electron chi connectivity index (χ3n) is 3.77. The van der Waals surface area contributed by atoms with E-state index in [0.717, 1.165) is 27.7 Å². The van der Waals surface area contributed by atoms with Crippen LogP contribution in [0.1, 0.15) is 22.0 Å². The van der Waals surface area contributed by atoms with Gasteiger partial charge in [0.1, 0.15) is 11.9 Å². The van der Waals surface area contributed by atoms with Crippen LogP contribution < -0.4 is 10.1 Å². The number of ether oxygens (including phenoxy) is 1. The summed E-state index contributed by atoms with van der Waals surface area (Å²) in [6, 6.07) is 3.67. The topological polar surface area (TPSA) is 67.4 Å². The van der Waals surface area contributed by atoms with Gasteiger partial charge in [0, 0.05) is 24.0 Å². The molecule has 1 N–H and O–H groups in total. The molecule has 0 spiro atoms. The number of carbonyl (C=O) groups is 1. The summed E-state index contributed by atoms with van der Waals surface area (Å²) in [5.74, 6) is 0.746. The van der Waals surface area contributed by atoms with Gasteiger partial charge in [0.2, 0.25) is 0 Å². The monoisotopic (exact) mass is 332 g/mol. The summed E-state index contributed by atoms with van der Waals surface area (Å²) >= 11 is 1.63. The average Bonchev–Trinajstić information content (AvgIpc) is 3.12. The van der Waals surface area contributed by atoms with Crippen molar-refractivity contribution < 1.29 is 9.53 Å². The lowest BCUT2D eigenvalue weighted by atomic mass is 10.3. The van der Waals surface area contributed by atoms with Crippen LogP contribution in [0.2, 0.25) is 0 Å². The number of likely N-dealkylation sites (tertiary alicyclic amines) is 1. The molecule has 7 heteroatoms. The van der Waals surface area contributed by atoms with Crippen LogP contribution in [0, 0.1) is 13.8 Å². The van der Waals surface area contributed by atoms with Crippen molar-refractivity contribution in [3.63, 3.8) is 0 Å². The quantitative estimate of drug-likeness (QED) is 0.934. The van der Waals surface area contributed by atoms with Crippen LogP contribution in [0.25, 0.3) is 0 Å². The predicted molar refractivity (Wildman–Crippen MR) is 88.7 cm³/mol. The molecule has 2 amide bonds. The van der Waals surface area contributed by atoms with Crippen LogP contribution in [0.4, 0.5) is 4.79 Å². The first-order valence-corrected chi connectivity index (χ1v) is 8.46. The molecule has 6 nitrogen and oxygen atoms in total. The summed E-state index contributed by atoms with van der Waals surface area (Å²) in [5.41, 5.74) is 0.993. The van der Waals surface area contributed by atoms with Crippen molar-refractivity contribution in [3.05, 3.63) is 40.1 Å². The maximum Gasteiger partial charge on any atom is 0.317 e. The fourth-order valence-electron chi connectivity index (χ4n) is 2.62. The molecule has 0 aromatic carbocycles. The van der Waals surface area contributed by atoms with E-state index in [1.165, 1.54) is 0 Å². The Labute approximate surface area is 139 Å². The second-order valence-corrected chi connectivity index (χ2v) is 6.85. The standard InChI is InChI=1S/C16H20N4O2S/c1-11-15(23-12(2)19-11)9-18-16(21)20-7-5-14(10-20)22-13-4-3-6-17-8-13/h3-4,6,8,14H,5,7,9-10H2,1-2H3,(H,18,21)/t14-/m1/s1. The van der Waals surface area contributed by atoms with Gasteiger partial charge in [0.15, 0.2) is 0 Å². The van der Waals surface area contributed by atoms with Crippen LogP contribution in [0.5, 0.6) is 5.75 Å². The van der Waals surface area contributed by atoms with Gasteiger partial charge in [-0.2, -0.15) is 0 Å². The van der Waals surface area contributed by atoms with Gasteiger partial charge in [-0.1, -0.05) is 0 Å². The summed E-state index contributed by atoms with van der Waals surface area (Å²) in [5, 5.41) is 3.99. The number of amides is 2. The van der Waals surface area contributed by atoms with Crippen molar-refractivity contribution in [1.82, 2.24) is 20.2 Å². The average molecular weight is 332 g/mol. The third kappa shape index (κ3) is 3.98. The van der Waals surface area contributed by atoms with E-state index in [0.29, 0.717) is 19.6 Å². The number of nitrogens with one attached hydrogen (secondary N) is 1. The van der Waals surface area contributed by atoms with Crippen LogP contribution in [0.15, 0.2) is 24.5 Å². The first-order valence-electron chi connectivity index (χ1n) is 7.64. The number of thiazole rings is 1. The second-order valence-electron chi connectivity index (χ2n) is 5.56. The molecular formula is C16H20N4O2S. The molecule has 1 saturated heterocycles. The van der Waals surface area contributed by atoms with Gasteiger partial charge < -0.3 is 15.0 Å². The lowest BCUT2D eigenvalue weighted by Crippen LogP contribution is -2.39. The minimum absolute atomic E-state index is 0.0253. The highest BCUT2D eigenvalue weighted by molar-refractivity contribution is 7.11. The highest BCUT2D eigenvalue weighted by Crippen LogP contribution is 2.19. The van der Waals surface area contributed by atoms with Gasteiger partial charge in [0.05, 0.1) is 30.0 Å². The Morgan fingerprint density at radius 2 is 2.39 bits per heavy atom. The molecule has 3 rings (SSSR count). The lowest BCUT2D eigenvalue weighted by Gasteiger charge is -2.17. The van der Waals surface area contributed by atoms with Gasteiger partial charge in [0.25, 0.3) is 0 Å². The minimum atomic E-state index is -0.0484. The van der Waals surface area contributed by atoms with E-state index in [1.807, 2.05) is 26.0 Å². The molecule has 0 unspecified atom stereocenters. The number of hydrogen-bond donors (Lipinski definition) is 1. The Hall–Kier alpha value is -2.15. The smallest absolute Gasteiger partial charge is 0.317 e. The van der Waals surface area contributed by atoms with E-state index >= 15 is 0 Å². The van der Waals surface area contributed by atoms with Crippen molar-refractivity contribution >= 4 is 17.4 Å². The first-order chi connectivity index (χ1) is 11.1. The number of pyridine rings is 1. The summed E-state index contributed by atoms with van der Waals surface area (Å²) in [6.07, 6.45) is 4.26. The third-order valence-corrected chi connectivity index (χ3v) is 4.84. The Kier molecular flexibility index (Phi) is 4.76. The highest BCUT2D eigenvalue weighted by Gasteiger charge is 2.27. The van der Waals surface area contributed by atoms with Gasteiger partial charge in [-0.15, -0.1) is 11.3 Å². The van der Waals surface area contributed by atoms with E-state index in [-0.39, 0.29) is 12.1 Å². The number of hydrogen-bond acceptors (Lipinski definition) is 5. The van der Waals surface area contributed by atoms with Crippen molar-refractivity contribution in [3.8, 4) is 5.75 Å². The number of urea groups is 1. The van der Waals surface area contributed by atoms with E-state index < -0.39 is 0 Å². The largest absolute Gasteiger partial charge is 0.487 e. The molecule has 2 aromatic heterocycles. The SMILES string of the molecule is Cc1nc(C)c(CNC(=O)N2CC[C@@H](Oc3cccnc3)C2)s1. The fourth-order valence-corrected chi connectivity index (χ4v) is 3.50. The summed E-state index contributed by atoms with van der Waals surface area (Å²) in [4.78, 5) is 23.6. The van der Waals surface area contributed by atoms with Gasteiger partial charge in [-0.05, 0) is 26.0 Å². The minimum Gasteiger partial charge on any atom is -0.487 e. The van der Waals surface area contributed by atoms with E-state index in [9.17, 15) is 4.79 Å². The molecule has 122 valence electrons. The Morgan fingerprint density at radius 1 is 1.52 bits per heavy atom. The first kappa shape index (κ1) is 15.7. The Bertz CT molecular complexity index is 674. The molecule has 3 heterocycles. The maximum absolute atomic E-state index is 12.3. The molecule has 0 saturated carbocycles. The zero-order chi connectivity index (χ0) is 16.2. The van der Waals surface area contributed by atoms with Crippen molar-refractivity contribution in [2.24, 2.45) is 0 Å². The van der Waals surface area contributed by atoms with E-state index in [1.54, 1.807) is 28.6 Å². The molecule has 0 bridgehead atoms. The van der Waals surface area contributed by atoms with Crippen LogP contribution in [-0.2, 0) is 6.54 Å². The highest BCUT2D eigenvalue weighted by atomic mass is 32.1. The molecule has 2 aromatic rings. The number of nitrogens with zero attached hydrogens (tertiary/aromatic N) is 3. The maximum atomic E-state index is 12.3. The molecule has 0 aliphatic carbocycles. The van der Waals surface area contributed by atoms with Gasteiger partial charge in [-0.25, -0.2) is 9.78 Å². The molecule has 0 radical (unpaired) electrons. The molecule has 1 aliphatic heterocycles. The van der Waals surface area contributed by atoms with E-state index in [4.69, 9.17) is 4.74 Å². The molecule has 1 atom stereocenters. The summed E-state index contributed by atoms with van der Waals surface area (Å²) < 4.78 is 5.85. The molecule has 1 fully saturated rings. The van der Waals surface area contributed by atoms with Gasteiger partial charge >= 0.3 is 6.03 Å². The van der Waals surface area contributed by atoms with Crippen LogP contribution in [-0.4, -0.2) is 40.1 Å². The zero-order valence-electron chi connectivity index (χ0n) is 13.3. The Balaban J connectivity index is 1.48. The number of rotatable bonds is 4. The van der Waals surface area contributed by atoms with Crippen molar-refractivity contribution in [2.45, 2.75) is 32.9 Å². The van der Waals surface area contributed by atoms with Crippen LogP contribution >= 0.6 is 11.3 Å². The summed E-state index contributed by atoms with van der Waals surface area (Å²) in [7, 11) is 0. The predicted octanol–water partition coefficient (Wildman–Crippen LogP) is 2.52. The van der Waals surface area contributed by atoms with E-state index in [2.05, 4.69) is 15.3 Å². The Morgan fingerprint density at radius 3 is 3.09 bits per heavy atom. The van der Waals surface area contributed by atoms with Crippen molar-refractivity contribution in [2.75, 3.05) is 13.1 Å². The number of carbonyl (C=O) groups excluding carboxylic acids is 1. The number of aryl methyl sites for hydroxylation is 2. The number of aromatic nitrogens is 2. The fraction of sp³-hybridized carbons (Fsp3) is 0.438. The molecular weight excluding hydrogens is 312 g/mol. The lowest BCUT2D eigenvalue weighted by molar-refractivity contribution is 0.186. The molecule has 1 aliphatic rings. The van der Waals surface area contributed by atoms with Gasteiger partial charge in [-0.3, -0.25) is 4.98 Å². The van der Waals surface area contributed by atoms with Crippen molar-refractivity contribution in [1.29, 1.82) is 0 Å². The summed E-state index contributed by atoms with van der Waals surface area (Å²) in [6.45, 7) is 5.78. The zero-order valence-corrected chi connectivity index (χ0v) is 14.1. The van der Waals surface area contributed by atoms with Crippen LogP contribution in [0.3, 0.4) is 0 Å². The second kappa shape index (κ2) is 6.95. The molecule has 23 heavy (non-hydrogen) atoms. The normalized spacial score (nSPS) is 17.3.